The number of nitrogens with one attached hydrogen (secondary N) is 2. The molecular formula is C13H17N3O4S. The lowest BCUT2D eigenvalue weighted by Crippen LogP contribution is -2.29. The van der Waals surface area contributed by atoms with E-state index in [0.29, 0.717) is 5.56 Å². The van der Waals surface area contributed by atoms with E-state index in [1.54, 1.807) is 0 Å². The molecule has 0 atom stereocenters. The first-order chi connectivity index (χ1) is 9.90. The van der Waals surface area contributed by atoms with Gasteiger partial charge in [0.1, 0.15) is 0 Å². The molecule has 7 nitrogen and oxygen atoms in total. The number of hydrogen-bond acceptors (Lipinski definition) is 5. The van der Waals surface area contributed by atoms with Crippen molar-refractivity contribution < 1.29 is 13.3 Å². The minimum absolute atomic E-state index is 0.0418. The van der Waals surface area contributed by atoms with E-state index in [-0.39, 0.29) is 17.1 Å². The molecule has 0 saturated carbocycles. The molecule has 1 aromatic rings. The minimum atomic E-state index is -3.66. The molecule has 0 bridgehead atoms. The Morgan fingerprint density at radius 2 is 2.19 bits per heavy atom. The lowest BCUT2D eigenvalue weighted by Gasteiger charge is -2.15. The molecule has 0 saturated heterocycles. The van der Waals surface area contributed by atoms with Crippen molar-refractivity contribution in [2.75, 3.05) is 19.6 Å². The van der Waals surface area contributed by atoms with Crippen molar-refractivity contribution in [2.45, 2.75) is 18.2 Å². The average molecular weight is 311 g/mol. The molecule has 1 aromatic carbocycles. The Hall–Kier alpha value is -1.77. The molecule has 0 amide bonds. The van der Waals surface area contributed by atoms with Crippen molar-refractivity contribution in [3.63, 3.8) is 0 Å². The van der Waals surface area contributed by atoms with Crippen LogP contribution < -0.4 is 10.0 Å². The first-order valence-electron chi connectivity index (χ1n) is 6.53. The van der Waals surface area contributed by atoms with Gasteiger partial charge in [0.25, 0.3) is 5.69 Å². The summed E-state index contributed by atoms with van der Waals surface area (Å²) in [6.45, 7) is 3.37. The molecule has 1 aliphatic rings. The van der Waals surface area contributed by atoms with Gasteiger partial charge in [0.15, 0.2) is 0 Å². The maximum Gasteiger partial charge on any atom is 0.272 e. The van der Waals surface area contributed by atoms with E-state index >= 15 is 0 Å². The fraction of sp³-hybridized carbons (Fsp3) is 0.385. The molecule has 0 aromatic heterocycles. The standard InChI is InChI=1S/C13H17N3O4S/c1-10-8-12(2-3-13(10)16(17)18)21(19,20)15-9-11-4-6-14-7-5-11/h2-4,8,14-15H,5-7,9H2,1H3. The van der Waals surface area contributed by atoms with Crippen LogP contribution >= 0.6 is 0 Å². The van der Waals surface area contributed by atoms with Gasteiger partial charge in [-0.05, 0) is 32.0 Å². The summed E-state index contributed by atoms with van der Waals surface area (Å²) in [5.41, 5.74) is 1.27. The Morgan fingerprint density at radius 3 is 2.76 bits per heavy atom. The molecular weight excluding hydrogens is 294 g/mol. The van der Waals surface area contributed by atoms with Crippen LogP contribution in [-0.2, 0) is 10.0 Å². The number of aryl methyl sites for hydroxylation is 1. The zero-order valence-electron chi connectivity index (χ0n) is 11.6. The lowest BCUT2D eigenvalue weighted by atomic mass is 10.1. The monoisotopic (exact) mass is 311 g/mol. The normalized spacial score (nSPS) is 15.6. The second-order valence-corrected chi connectivity index (χ2v) is 6.61. The van der Waals surface area contributed by atoms with Crippen molar-refractivity contribution >= 4 is 15.7 Å². The molecule has 1 heterocycles. The number of nitrogens with zero attached hydrogens (tertiary/aromatic N) is 1. The summed E-state index contributed by atoms with van der Waals surface area (Å²) in [6, 6.07) is 3.79. The van der Waals surface area contributed by atoms with Crippen LogP contribution in [-0.4, -0.2) is 33.0 Å². The summed E-state index contributed by atoms with van der Waals surface area (Å²) < 4.78 is 26.9. The summed E-state index contributed by atoms with van der Waals surface area (Å²) >= 11 is 0. The maximum absolute atomic E-state index is 12.2. The van der Waals surface area contributed by atoms with E-state index in [1.807, 2.05) is 6.08 Å². The van der Waals surface area contributed by atoms with E-state index in [9.17, 15) is 18.5 Å². The highest BCUT2D eigenvalue weighted by Gasteiger charge is 2.18. The topological polar surface area (TPSA) is 101 Å². The van der Waals surface area contributed by atoms with Crippen LogP contribution in [0.2, 0.25) is 0 Å². The van der Waals surface area contributed by atoms with Gasteiger partial charge in [-0.1, -0.05) is 11.6 Å². The smallest absolute Gasteiger partial charge is 0.272 e. The molecule has 1 aliphatic heterocycles. The van der Waals surface area contributed by atoms with Gasteiger partial charge in [-0.25, -0.2) is 13.1 Å². The number of sulfonamides is 1. The van der Waals surface area contributed by atoms with Crippen molar-refractivity contribution in [1.82, 2.24) is 10.0 Å². The predicted molar refractivity (Wildman–Crippen MR) is 78.6 cm³/mol. The third-order valence-electron chi connectivity index (χ3n) is 3.32. The van der Waals surface area contributed by atoms with Gasteiger partial charge in [-0.2, -0.15) is 0 Å². The highest BCUT2D eigenvalue weighted by atomic mass is 32.2. The SMILES string of the molecule is Cc1cc(S(=O)(=O)NCC2=CCNCC2)ccc1[N+](=O)[O-]. The van der Waals surface area contributed by atoms with Gasteiger partial charge in [0.05, 0.1) is 9.82 Å². The maximum atomic E-state index is 12.2. The second kappa shape index (κ2) is 6.33. The van der Waals surface area contributed by atoms with Crippen LogP contribution in [0.25, 0.3) is 0 Å². The molecule has 0 fully saturated rings. The van der Waals surface area contributed by atoms with Gasteiger partial charge in [-0.3, -0.25) is 10.1 Å². The molecule has 0 aliphatic carbocycles. The third kappa shape index (κ3) is 3.87. The second-order valence-electron chi connectivity index (χ2n) is 4.85. The van der Waals surface area contributed by atoms with Crippen LogP contribution in [0.15, 0.2) is 34.7 Å². The molecule has 2 N–H and O–H groups in total. The summed E-state index contributed by atoms with van der Waals surface area (Å²) in [5, 5.41) is 13.9. The average Bonchev–Trinajstić information content (AvgIpc) is 2.46. The molecule has 0 unspecified atom stereocenters. The predicted octanol–water partition coefficient (Wildman–Crippen LogP) is 1.10. The van der Waals surface area contributed by atoms with Gasteiger partial charge in [-0.15, -0.1) is 0 Å². The van der Waals surface area contributed by atoms with Crippen LogP contribution in [0.4, 0.5) is 5.69 Å². The van der Waals surface area contributed by atoms with Crippen molar-refractivity contribution in [1.29, 1.82) is 0 Å². The highest BCUT2D eigenvalue weighted by molar-refractivity contribution is 7.89. The van der Waals surface area contributed by atoms with Gasteiger partial charge < -0.3 is 5.32 Å². The summed E-state index contributed by atoms with van der Waals surface area (Å²) in [6.07, 6.45) is 2.77. The molecule has 114 valence electrons. The van der Waals surface area contributed by atoms with E-state index < -0.39 is 14.9 Å². The van der Waals surface area contributed by atoms with E-state index in [2.05, 4.69) is 10.0 Å². The van der Waals surface area contributed by atoms with Gasteiger partial charge in [0.2, 0.25) is 10.0 Å². The zero-order chi connectivity index (χ0) is 15.5. The summed E-state index contributed by atoms with van der Waals surface area (Å²) in [4.78, 5) is 10.3. The Labute approximate surface area is 123 Å². The Balaban J connectivity index is 2.14. The van der Waals surface area contributed by atoms with Gasteiger partial charge in [0, 0.05) is 24.7 Å². The van der Waals surface area contributed by atoms with Crippen LogP contribution in [0.5, 0.6) is 0 Å². The number of benzene rings is 1. The Bertz CT molecular complexity index is 683. The minimum Gasteiger partial charge on any atom is -0.313 e. The number of nitro benzene ring substituents is 1. The van der Waals surface area contributed by atoms with Crippen molar-refractivity contribution in [3.8, 4) is 0 Å². The number of hydrogen-bond donors (Lipinski definition) is 2. The van der Waals surface area contributed by atoms with E-state index in [4.69, 9.17) is 0 Å². The van der Waals surface area contributed by atoms with Crippen LogP contribution in [0.1, 0.15) is 12.0 Å². The third-order valence-corrected chi connectivity index (χ3v) is 4.72. The van der Waals surface area contributed by atoms with Crippen LogP contribution in [0.3, 0.4) is 0 Å². The van der Waals surface area contributed by atoms with Crippen molar-refractivity contribution in [3.05, 3.63) is 45.5 Å². The molecule has 2 rings (SSSR count). The lowest BCUT2D eigenvalue weighted by molar-refractivity contribution is -0.385. The molecule has 0 spiro atoms. The first kappa shape index (κ1) is 15.6. The Kier molecular flexibility index (Phi) is 4.71. The fourth-order valence-electron chi connectivity index (χ4n) is 2.10. The van der Waals surface area contributed by atoms with Crippen molar-refractivity contribution in [2.24, 2.45) is 0 Å². The molecule has 21 heavy (non-hydrogen) atoms. The number of rotatable bonds is 5. The fourth-order valence-corrected chi connectivity index (χ4v) is 3.22. The summed E-state index contributed by atoms with van der Waals surface area (Å²) in [7, 11) is -3.66. The highest BCUT2D eigenvalue weighted by Crippen LogP contribution is 2.21. The first-order valence-corrected chi connectivity index (χ1v) is 8.02. The summed E-state index contributed by atoms with van der Waals surface area (Å²) in [5.74, 6) is 0. The zero-order valence-corrected chi connectivity index (χ0v) is 12.4. The van der Waals surface area contributed by atoms with E-state index in [1.165, 1.54) is 25.1 Å². The molecule has 0 radical (unpaired) electrons. The number of nitro groups is 1. The largest absolute Gasteiger partial charge is 0.313 e. The quantitative estimate of drug-likeness (QED) is 0.482. The Morgan fingerprint density at radius 1 is 1.43 bits per heavy atom. The van der Waals surface area contributed by atoms with E-state index in [0.717, 1.165) is 25.1 Å². The van der Waals surface area contributed by atoms with Crippen LogP contribution in [0, 0.1) is 17.0 Å². The molecule has 8 heteroatoms. The van der Waals surface area contributed by atoms with Gasteiger partial charge >= 0.3 is 0 Å².